The van der Waals surface area contributed by atoms with Crippen molar-refractivity contribution in [2.75, 3.05) is 49.5 Å². The van der Waals surface area contributed by atoms with Crippen molar-refractivity contribution in [1.29, 1.82) is 0 Å². The number of anilines is 2. The highest BCUT2D eigenvalue weighted by Gasteiger charge is 2.55. The van der Waals surface area contributed by atoms with E-state index < -0.39 is 27.5 Å². The number of sulfone groups is 1. The number of halogens is 4. The summed E-state index contributed by atoms with van der Waals surface area (Å²) in [6.45, 7) is 4.02. The first-order chi connectivity index (χ1) is 16.3. The number of aliphatic hydroxyl groups excluding tert-OH is 1. The fourth-order valence-corrected chi connectivity index (χ4v) is 5.06. The number of amides is 1. The first-order valence-electron chi connectivity index (χ1n) is 10.6. The van der Waals surface area contributed by atoms with Gasteiger partial charge >= 0.3 is 6.18 Å². The molecule has 2 aromatic carbocycles. The van der Waals surface area contributed by atoms with Crippen LogP contribution in [-0.2, 0) is 14.6 Å². The van der Waals surface area contributed by atoms with Crippen molar-refractivity contribution < 1.29 is 36.6 Å². The molecule has 1 aliphatic rings. The van der Waals surface area contributed by atoms with Crippen molar-refractivity contribution >= 4 is 38.7 Å². The van der Waals surface area contributed by atoms with Crippen molar-refractivity contribution in [3.8, 4) is 0 Å². The lowest BCUT2D eigenvalue weighted by atomic mass is 10.1. The van der Waals surface area contributed by atoms with Crippen LogP contribution in [0, 0.1) is 0 Å². The number of hydrogen-bond acceptors (Lipinski definition) is 7. The van der Waals surface area contributed by atoms with Crippen molar-refractivity contribution in [2.45, 2.75) is 28.5 Å². The van der Waals surface area contributed by atoms with Gasteiger partial charge in [-0.2, -0.15) is 13.2 Å². The number of piperazine rings is 1. The van der Waals surface area contributed by atoms with Crippen LogP contribution in [-0.4, -0.2) is 80.5 Å². The Kier molecular flexibility index (Phi) is 8.02. The van der Waals surface area contributed by atoms with Crippen LogP contribution in [0.3, 0.4) is 0 Å². The van der Waals surface area contributed by atoms with E-state index >= 15 is 0 Å². The Balaban J connectivity index is 1.74. The Bertz CT molecular complexity index is 1170. The number of hydrogen-bond donors (Lipinski definition) is 3. The number of nitrogens with zero attached hydrogens (tertiary/aromatic N) is 2. The zero-order valence-corrected chi connectivity index (χ0v) is 20.3. The zero-order valence-electron chi connectivity index (χ0n) is 18.7. The minimum absolute atomic E-state index is 0.00646. The Labute approximate surface area is 205 Å². The molecular formula is C22H25ClF3N3O5S. The van der Waals surface area contributed by atoms with Crippen LogP contribution in [0.4, 0.5) is 24.5 Å². The van der Waals surface area contributed by atoms with E-state index in [-0.39, 0.29) is 27.1 Å². The Morgan fingerprint density at radius 3 is 2.14 bits per heavy atom. The first kappa shape index (κ1) is 27.2. The molecule has 0 aromatic heterocycles. The van der Waals surface area contributed by atoms with Gasteiger partial charge < -0.3 is 20.4 Å². The lowest BCUT2D eigenvalue weighted by Gasteiger charge is -2.35. The second-order valence-corrected chi connectivity index (χ2v) is 10.6. The van der Waals surface area contributed by atoms with Crippen LogP contribution in [0.1, 0.15) is 6.92 Å². The first-order valence-corrected chi connectivity index (χ1v) is 12.5. The number of carbonyl (C=O) groups is 1. The van der Waals surface area contributed by atoms with Gasteiger partial charge in [-0.05, 0) is 49.4 Å². The highest BCUT2D eigenvalue weighted by molar-refractivity contribution is 7.91. The van der Waals surface area contributed by atoms with Gasteiger partial charge in [0.05, 0.1) is 27.1 Å². The molecule has 8 nitrogen and oxygen atoms in total. The molecule has 2 aromatic rings. The minimum atomic E-state index is -5.22. The van der Waals surface area contributed by atoms with E-state index in [1.165, 1.54) is 12.1 Å². The monoisotopic (exact) mass is 535 g/mol. The molecule has 0 unspecified atom stereocenters. The van der Waals surface area contributed by atoms with Gasteiger partial charge in [0.25, 0.3) is 5.91 Å². The fraction of sp³-hybridized carbons (Fsp3) is 0.409. The Morgan fingerprint density at radius 2 is 1.63 bits per heavy atom. The molecule has 192 valence electrons. The second-order valence-electron chi connectivity index (χ2n) is 8.22. The van der Waals surface area contributed by atoms with E-state index in [9.17, 15) is 31.5 Å². The van der Waals surface area contributed by atoms with Gasteiger partial charge in [0.1, 0.15) is 0 Å². The Morgan fingerprint density at radius 1 is 1.06 bits per heavy atom. The van der Waals surface area contributed by atoms with Crippen molar-refractivity contribution in [2.24, 2.45) is 0 Å². The predicted octanol–water partition coefficient (Wildman–Crippen LogP) is 2.54. The van der Waals surface area contributed by atoms with E-state index in [1.54, 1.807) is 12.1 Å². The molecule has 13 heteroatoms. The predicted molar refractivity (Wildman–Crippen MR) is 124 cm³/mol. The van der Waals surface area contributed by atoms with Gasteiger partial charge in [-0.3, -0.25) is 9.69 Å². The summed E-state index contributed by atoms with van der Waals surface area (Å²) in [5.41, 5.74) is -3.09. The van der Waals surface area contributed by atoms with Gasteiger partial charge in [-0.1, -0.05) is 11.6 Å². The summed E-state index contributed by atoms with van der Waals surface area (Å²) in [6.07, 6.45) is -5.22. The quantitative estimate of drug-likeness (QED) is 0.500. The third-order valence-electron chi connectivity index (χ3n) is 5.79. The molecule has 0 spiro atoms. The zero-order chi connectivity index (χ0) is 26.0. The molecule has 0 aliphatic carbocycles. The number of alkyl halides is 3. The second kappa shape index (κ2) is 10.3. The summed E-state index contributed by atoms with van der Waals surface area (Å²) in [4.78, 5) is 15.9. The van der Waals surface area contributed by atoms with Crippen molar-refractivity contribution in [3.63, 3.8) is 0 Å². The van der Waals surface area contributed by atoms with E-state index in [0.29, 0.717) is 13.5 Å². The maximum Gasteiger partial charge on any atom is 0.426 e. The maximum absolute atomic E-state index is 13.0. The lowest BCUT2D eigenvalue weighted by Crippen LogP contribution is -2.52. The topological polar surface area (TPSA) is 110 Å². The highest BCUT2D eigenvalue weighted by Crippen LogP contribution is 2.33. The molecular weight excluding hydrogens is 511 g/mol. The van der Waals surface area contributed by atoms with Crippen LogP contribution >= 0.6 is 11.6 Å². The smallest absolute Gasteiger partial charge is 0.395 e. The third-order valence-corrected chi connectivity index (χ3v) is 7.87. The van der Waals surface area contributed by atoms with Gasteiger partial charge in [-0.15, -0.1) is 0 Å². The summed E-state index contributed by atoms with van der Waals surface area (Å²) in [6, 6.07) is 9.45. The van der Waals surface area contributed by atoms with Gasteiger partial charge in [0.2, 0.25) is 15.4 Å². The average Bonchev–Trinajstić information content (AvgIpc) is 2.80. The number of aliphatic hydroxyl groups is 2. The van der Waals surface area contributed by atoms with E-state index in [0.717, 1.165) is 50.1 Å². The molecule has 0 saturated carbocycles. The van der Waals surface area contributed by atoms with Crippen LogP contribution in [0.2, 0.25) is 5.02 Å². The van der Waals surface area contributed by atoms with Crippen molar-refractivity contribution in [3.05, 3.63) is 47.5 Å². The molecule has 1 aliphatic heterocycles. The van der Waals surface area contributed by atoms with E-state index in [2.05, 4.69) is 9.80 Å². The molecule has 1 atom stereocenters. The summed E-state index contributed by atoms with van der Waals surface area (Å²) in [7, 11) is -4.00. The SMILES string of the molecule is C[C@@](O)(C(=O)Nc1ccc(S(=O)(=O)c2ccc(N3CCN(CCO)CC3)cc2)cc1Cl)C(F)(F)F. The van der Waals surface area contributed by atoms with E-state index in [1.807, 2.05) is 5.32 Å². The molecule has 1 fully saturated rings. The van der Waals surface area contributed by atoms with Crippen LogP contribution < -0.4 is 10.2 Å². The third kappa shape index (κ3) is 5.89. The van der Waals surface area contributed by atoms with Gasteiger partial charge in [0.15, 0.2) is 0 Å². The molecule has 35 heavy (non-hydrogen) atoms. The van der Waals surface area contributed by atoms with Gasteiger partial charge in [0, 0.05) is 38.4 Å². The molecule has 1 amide bonds. The average molecular weight is 536 g/mol. The number of rotatable bonds is 7. The van der Waals surface area contributed by atoms with Gasteiger partial charge in [-0.25, -0.2) is 8.42 Å². The number of β-amino-alcohol motifs (C(OH)–C–C–N with tert-alkyl or cyclic N) is 1. The molecule has 1 heterocycles. The normalized spacial score (nSPS) is 17.2. The standard InChI is InChI=1S/C22H25ClF3N3O5S/c1-21(32,22(24,25)26)20(31)27-19-7-6-17(14-18(19)23)35(33,34)16-4-2-15(3-5-16)29-10-8-28(9-11-29)12-13-30/h2-7,14,30,32H,8-13H2,1H3,(H,27,31)/t21-/m1/s1. The number of benzene rings is 2. The number of nitrogens with one attached hydrogen (secondary N) is 1. The van der Waals surface area contributed by atoms with E-state index in [4.69, 9.17) is 16.7 Å². The fourth-order valence-electron chi connectivity index (χ4n) is 3.48. The Hall–Kier alpha value is -2.38. The molecule has 3 N–H and O–H groups in total. The van der Waals surface area contributed by atoms with Crippen LogP contribution in [0.25, 0.3) is 0 Å². The highest BCUT2D eigenvalue weighted by atomic mass is 35.5. The molecule has 3 rings (SSSR count). The summed E-state index contributed by atoms with van der Waals surface area (Å²) < 4.78 is 64.6. The molecule has 1 saturated heterocycles. The van der Waals surface area contributed by atoms with Crippen LogP contribution in [0.5, 0.6) is 0 Å². The maximum atomic E-state index is 13.0. The molecule has 0 bridgehead atoms. The summed E-state index contributed by atoms with van der Waals surface area (Å²) in [5.74, 6) is -1.75. The largest absolute Gasteiger partial charge is 0.426 e. The van der Waals surface area contributed by atoms with Crippen LogP contribution in [0.15, 0.2) is 52.3 Å². The summed E-state index contributed by atoms with van der Waals surface area (Å²) in [5, 5.41) is 20.1. The number of carbonyl (C=O) groups excluding carboxylic acids is 1. The molecule has 0 radical (unpaired) electrons. The van der Waals surface area contributed by atoms with Crippen molar-refractivity contribution in [1.82, 2.24) is 4.90 Å². The lowest BCUT2D eigenvalue weighted by molar-refractivity contribution is -0.242. The summed E-state index contributed by atoms with van der Waals surface area (Å²) >= 11 is 6.02. The minimum Gasteiger partial charge on any atom is -0.395 e.